The van der Waals surface area contributed by atoms with Crippen LogP contribution >= 0.6 is 0 Å². The predicted molar refractivity (Wildman–Crippen MR) is 124 cm³/mol. The van der Waals surface area contributed by atoms with Crippen LogP contribution in [-0.2, 0) is 19.0 Å². The smallest absolute Gasteiger partial charge is 0.351 e. The van der Waals surface area contributed by atoms with Crippen molar-refractivity contribution < 1.29 is 33.0 Å². The van der Waals surface area contributed by atoms with Crippen molar-refractivity contribution in [3.63, 3.8) is 0 Å². The Morgan fingerprint density at radius 2 is 1.69 bits per heavy atom. The lowest BCUT2D eigenvalue weighted by Gasteiger charge is -2.27. The summed E-state index contributed by atoms with van der Waals surface area (Å²) in [5, 5.41) is 2.23. The number of aromatic nitrogens is 2. The molecular formula is C25H22FN3O7. The zero-order valence-electron chi connectivity index (χ0n) is 19.1. The summed E-state index contributed by atoms with van der Waals surface area (Å²) in [6, 6.07) is 17.4. The molecule has 186 valence electrons. The van der Waals surface area contributed by atoms with Crippen molar-refractivity contribution in [1.29, 1.82) is 0 Å². The van der Waals surface area contributed by atoms with Crippen molar-refractivity contribution in [2.24, 2.45) is 0 Å². The number of benzene rings is 2. The summed E-state index contributed by atoms with van der Waals surface area (Å²) in [4.78, 5) is 52.0. The van der Waals surface area contributed by atoms with Gasteiger partial charge in [-0.1, -0.05) is 36.4 Å². The van der Waals surface area contributed by atoms with Gasteiger partial charge in [0.25, 0.3) is 0 Å². The van der Waals surface area contributed by atoms with Crippen LogP contribution in [0.25, 0.3) is 0 Å². The van der Waals surface area contributed by atoms with Crippen LogP contribution in [0.2, 0.25) is 0 Å². The number of nitrogens with one attached hydrogen (secondary N) is 1. The van der Waals surface area contributed by atoms with Crippen LogP contribution in [0.3, 0.4) is 0 Å². The van der Waals surface area contributed by atoms with Crippen LogP contribution in [0.1, 0.15) is 33.9 Å². The van der Waals surface area contributed by atoms with E-state index in [2.05, 4.69) is 10.3 Å². The fourth-order valence-electron chi connectivity index (χ4n) is 3.83. The van der Waals surface area contributed by atoms with Gasteiger partial charge in [0, 0.05) is 6.20 Å². The third-order valence-corrected chi connectivity index (χ3v) is 5.60. The van der Waals surface area contributed by atoms with Crippen molar-refractivity contribution in [3.05, 3.63) is 94.5 Å². The molecule has 2 aromatic carbocycles. The van der Waals surface area contributed by atoms with Crippen molar-refractivity contribution >= 4 is 24.2 Å². The lowest BCUT2D eigenvalue weighted by molar-refractivity contribution is -0.105. The molecule has 3 aromatic rings. The molecule has 1 N–H and O–H groups in total. The van der Waals surface area contributed by atoms with Crippen molar-refractivity contribution in [3.8, 4) is 0 Å². The molecule has 0 saturated carbocycles. The minimum Gasteiger partial charge on any atom is -0.459 e. The Morgan fingerprint density at radius 3 is 2.28 bits per heavy atom. The molecule has 0 radical (unpaired) electrons. The van der Waals surface area contributed by atoms with E-state index in [-0.39, 0.29) is 16.9 Å². The molecule has 1 amide bonds. The molecule has 1 saturated heterocycles. The maximum absolute atomic E-state index is 16.2. The predicted octanol–water partition coefficient (Wildman–Crippen LogP) is 2.52. The van der Waals surface area contributed by atoms with E-state index in [1.165, 1.54) is 24.4 Å². The summed E-state index contributed by atoms with van der Waals surface area (Å²) < 4.78 is 33.7. The number of amides is 1. The van der Waals surface area contributed by atoms with Gasteiger partial charge in [-0.25, -0.2) is 18.8 Å². The SMILES string of the molecule is C[C@@]1(F)[C@H](OC(=O)c2ccccc2)[C@@H](COC(=O)c2ccccc2)O[C@@H]1n1ccc(NC=O)nc1=O. The molecule has 4 atom stereocenters. The molecule has 0 unspecified atom stereocenters. The van der Waals surface area contributed by atoms with Crippen LogP contribution in [0.15, 0.2) is 77.7 Å². The third kappa shape index (κ3) is 5.15. The van der Waals surface area contributed by atoms with Gasteiger partial charge in [-0.05, 0) is 37.3 Å². The zero-order chi connectivity index (χ0) is 25.7. The molecule has 1 fully saturated rings. The van der Waals surface area contributed by atoms with Crippen molar-refractivity contribution in [1.82, 2.24) is 9.55 Å². The van der Waals surface area contributed by atoms with Gasteiger partial charge in [-0.3, -0.25) is 9.36 Å². The van der Waals surface area contributed by atoms with Gasteiger partial charge in [0.2, 0.25) is 6.41 Å². The summed E-state index contributed by atoms with van der Waals surface area (Å²) in [5.74, 6) is -1.53. The Hall–Kier alpha value is -4.38. The second-order valence-corrected chi connectivity index (χ2v) is 8.10. The molecule has 1 aliphatic heterocycles. The zero-order valence-corrected chi connectivity index (χ0v) is 19.1. The maximum Gasteiger partial charge on any atom is 0.351 e. The van der Waals surface area contributed by atoms with E-state index in [0.29, 0.717) is 6.41 Å². The topological polar surface area (TPSA) is 126 Å². The number of halogens is 1. The Balaban J connectivity index is 1.61. The first-order chi connectivity index (χ1) is 17.3. The van der Waals surface area contributed by atoms with Gasteiger partial charge >= 0.3 is 17.6 Å². The summed E-state index contributed by atoms with van der Waals surface area (Å²) in [7, 11) is 0. The van der Waals surface area contributed by atoms with E-state index in [0.717, 1.165) is 11.5 Å². The first-order valence-electron chi connectivity index (χ1n) is 10.9. The Kier molecular flexibility index (Phi) is 7.20. The van der Waals surface area contributed by atoms with E-state index >= 15 is 4.39 Å². The summed E-state index contributed by atoms with van der Waals surface area (Å²) >= 11 is 0. The number of carbonyl (C=O) groups is 3. The summed E-state index contributed by atoms with van der Waals surface area (Å²) in [5.41, 5.74) is -2.89. The normalized spacial score (nSPS) is 23.0. The molecule has 2 heterocycles. The maximum atomic E-state index is 16.2. The minimum atomic E-state index is -2.43. The molecule has 0 bridgehead atoms. The minimum absolute atomic E-state index is 0.0368. The van der Waals surface area contributed by atoms with Crippen LogP contribution in [0.4, 0.5) is 10.2 Å². The number of hydrogen-bond acceptors (Lipinski definition) is 8. The van der Waals surface area contributed by atoms with Crippen LogP contribution in [0, 0.1) is 0 Å². The van der Waals surface area contributed by atoms with E-state index in [9.17, 15) is 19.2 Å². The first-order valence-corrected chi connectivity index (χ1v) is 10.9. The molecule has 0 aliphatic carbocycles. The third-order valence-electron chi connectivity index (χ3n) is 5.60. The van der Waals surface area contributed by atoms with E-state index < -0.39 is 48.3 Å². The average molecular weight is 495 g/mol. The van der Waals surface area contributed by atoms with Gasteiger partial charge in [-0.2, -0.15) is 4.98 Å². The Morgan fingerprint density at radius 1 is 1.08 bits per heavy atom. The quantitative estimate of drug-likeness (QED) is 0.373. The van der Waals surface area contributed by atoms with E-state index in [4.69, 9.17) is 14.2 Å². The molecular weight excluding hydrogens is 473 g/mol. The number of hydrogen-bond donors (Lipinski definition) is 1. The second kappa shape index (κ2) is 10.5. The fourth-order valence-corrected chi connectivity index (χ4v) is 3.83. The molecule has 1 aliphatic rings. The highest BCUT2D eigenvalue weighted by atomic mass is 19.1. The lowest BCUT2D eigenvalue weighted by Crippen LogP contribution is -2.45. The first kappa shape index (κ1) is 24.7. The number of anilines is 1. The number of rotatable bonds is 8. The number of nitrogens with zero attached hydrogens (tertiary/aromatic N) is 2. The van der Waals surface area contributed by atoms with Crippen LogP contribution < -0.4 is 11.0 Å². The fraction of sp³-hybridized carbons (Fsp3) is 0.240. The van der Waals surface area contributed by atoms with E-state index in [1.807, 2.05) is 0 Å². The molecule has 1 aromatic heterocycles. The van der Waals surface area contributed by atoms with E-state index in [1.54, 1.807) is 48.5 Å². The number of ether oxygens (including phenoxy) is 3. The van der Waals surface area contributed by atoms with Gasteiger partial charge in [0.05, 0.1) is 11.1 Å². The molecule has 11 heteroatoms. The lowest BCUT2D eigenvalue weighted by atomic mass is 9.98. The van der Waals surface area contributed by atoms with Gasteiger partial charge in [0.15, 0.2) is 18.0 Å². The van der Waals surface area contributed by atoms with Crippen LogP contribution in [0.5, 0.6) is 0 Å². The van der Waals surface area contributed by atoms with Gasteiger partial charge < -0.3 is 19.5 Å². The highest BCUT2D eigenvalue weighted by Gasteiger charge is 2.58. The molecule has 4 rings (SSSR count). The molecule has 10 nitrogen and oxygen atoms in total. The number of esters is 2. The average Bonchev–Trinajstić information content (AvgIpc) is 3.13. The van der Waals surface area contributed by atoms with Crippen LogP contribution in [-0.4, -0.2) is 52.4 Å². The van der Waals surface area contributed by atoms with Gasteiger partial charge in [-0.15, -0.1) is 0 Å². The highest BCUT2D eigenvalue weighted by molar-refractivity contribution is 5.90. The number of carbonyl (C=O) groups excluding carboxylic acids is 3. The summed E-state index contributed by atoms with van der Waals surface area (Å²) in [6.45, 7) is 0.660. The number of alkyl halides is 1. The largest absolute Gasteiger partial charge is 0.459 e. The monoisotopic (exact) mass is 495 g/mol. The molecule has 0 spiro atoms. The Labute approximate surface area is 204 Å². The molecule has 36 heavy (non-hydrogen) atoms. The summed E-state index contributed by atoms with van der Waals surface area (Å²) in [6.07, 6.45) is -2.83. The van der Waals surface area contributed by atoms with Gasteiger partial charge in [0.1, 0.15) is 18.5 Å². The standard InChI is InChI=1S/C25H22FN3O7/c1-25(26)20(36-22(32)17-10-6-3-7-11-17)18(14-34-21(31)16-8-4-2-5-9-16)35-23(25)29-13-12-19(27-15-30)28-24(29)33/h2-13,15,18,20,23H,14H2,1H3,(H,27,28,30,33)/t18-,20-,23+,25-/m1/s1. The second-order valence-electron chi connectivity index (χ2n) is 8.10. The van der Waals surface area contributed by atoms with Crippen molar-refractivity contribution in [2.75, 3.05) is 11.9 Å². The van der Waals surface area contributed by atoms with Crippen molar-refractivity contribution in [2.45, 2.75) is 31.0 Å². The highest BCUT2D eigenvalue weighted by Crippen LogP contribution is 2.43. The Bertz CT molecular complexity index is 1300.